The van der Waals surface area contributed by atoms with Gasteiger partial charge in [-0.25, -0.2) is 4.79 Å². The first-order chi connectivity index (χ1) is 9.18. The van der Waals surface area contributed by atoms with E-state index >= 15 is 0 Å². The molecule has 0 heterocycles. The second-order valence-electron chi connectivity index (χ2n) is 5.59. The molecule has 6 nitrogen and oxygen atoms in total. The highest BCUT2D eigenvalue weighted by atomic mass is 16.6. The van der Waals surface area contributed by atoms with Crippen molar-refractivity contribution in [1.29, 1.82) is 0 Å². The Kier molecular flexibility index (Phi) is 4.94. The van der Waals surface area contributed by atoms with Crippen molar-refractivity contribution in [1.82, 2.24) is 5.32 Å². The van der Waals surface area contributed by atoms with Gasteiger partial charge in [-0.15, -0.1) is 0 Å². The number of esters is 1. The minimum atomic E-state index is -1.53. The Bertz CT molecular complexity index is 435. The Morgan fingerprint density at radius 2 is 2.00 bits per heavy atom. The van der Waals surface area contributed by atoms with Gasteiger partial charge in [-0.2, -0.15) is 0 Å². The first-order valence-electron chi connectivity index (χ1n) is 6.31. The summed E-state index contributed by atoms with van der Waals surface area (Å²) in [5.41, 5.74) is -2.16. The van der Waals surface area contributed by atoms with E-state index in [0.717, 1.165) is 0 Å². The number of amides is 1. The van der Waals surface area contributed by atoms with Gasteiger partial charge in [0.25, 0.3) is 0 Å². The maximum Gasteiger partial charge on any atom is 0.407 e. The number of carbonyl (C=O) groups is 2. The van der Waals surface area contributed by atoms with Gasteiger partial charge in [0.05, 0.1) is 13.7 Å². The maximum absolute atomic E-state index is 11.6. The van der Waals surface area contributed by atoms with Crippen LogP contribution in [0, 0.1) is 5.92 Å². The van der Waals surface area contributed by atoms with Crippen LogP contribution in [0.5, 0.6) is 0 Å². The number of aliphatic hydroxyl groups is 1. The smallest absolute Gasteiger partial charge is 0.407 e. The van der Waals surface area contributed by atoms with Gasteiger partial charge < -0.3 is 19.9 Å². The zero-order chi connectivity index (χ0) is 15.4. The molecule has 0 aromatic carbocycles. The van der Waals surface area contributed by atoms with Gasteiger partial charge in [-0.05, 0) is 20.8 Å². The van der Waals surface area contributed by atoms with E-state index in [9.17, 15) is 14.7 Å². The van der Waals surface area contributed by atoms with E-state index in [0.29, 0.717) is 0 Å². The van der Waals surface area contributed by atoms with Crippen LogP contribution in [-0.2, 0) is 14.3 Å². The summed E-state index contributed by atoms with van der Waals surface area (Å²) in [5, 5.41) is 12.9. The highest BCUT2D eigenvalue weighted by Crippen LogP contribution is 2.25. The second kappa shape index (κ2) is 6.09. The van der Waals surface area contributed by atoms with Crippen molar-refractivity contribution in [3.63, 3.8) is 0 Å². The molecule has 1 aliphatic carbocycles. The van der Waals surface area contributed by atoms with Crippen LogP contribution in [0.2, 0.25) is 0 Å². The first-order valence-corrected chi connectivity index (χ1v) is 6.31. The number of ether oxygens (including phenoxy) is 2. The van der Waals surface area contributed by atoms with Crippen molar-refractivity contribution in [3.05, 3.63) is 24.3 Å². The predicted molar refractivity (Wildman–Crippen MR) is 73.0 cm³/mol. The molecule has 1 rings (SSSR count). The SMILES string of the molecule is COC(=O)C1C=CC=CC1(O)CNC(=O)OC(C)(C)C. The third-order valence-electron chi connectivity index (χ3n) is 2.71. The minimum Gasteiger partial charge on any atom is -0.468 e. The molecular weight excluding hydrogens is 262 g/mol. The third-order valence-corrected chi connectivity index (χ3v) is 2.71. The molecule has 0 aliphatic heterocycles. The number of alkyl carbamates (subject to hydrolysis) is 1. The second-order valence-corrected chi connectivity index (χ2v) is 5.59. The largest absolute Gasteiger partial charge is 0.468 e. The molecule has 2 N–H and O–H groups in total. The van der Waals surface area contributed by atoms with E-state index in [4.69, 9.17) is 4.74 Å². The molecule has 1 amide bonds. The molecule has 0 bridgehead atoms. The molecule has 20 heavy (non-hydrogen) atoms. The molecule has 112 valence electrons. The van der Waals surface area contributed by atoms with Crippen molar-refractivity contribution >= 4 is 12.1 Å². The minimum absolute atomic E-state index is 0.150. The third kappa shape index (κ3) is 4.38. The molecule has 0 spiro atoms. The summed E-state index contributed by atoms with van der Waals surface area (Å²) in [5.74, 6) is -1.44. The summed E-state index contributed by atoms with van der Waals surface area (Å²) in [4.78, 5) is 23.2. The van der Waals surface area contributed by atoms with Crippen molar-refractivity contribution in [2.75, 3.05) is 13.7 Å². The fraction of sp³-hybridized carbons (Fsp3) is 0.571. The van der Waals surface area contributed by atoms with Gasteiger partial charge in [0, 0.05) is 0 Å². The van der Waals surface area contributed by atoms with E-state index in [1.807, 2.05) is 0 Å². The van der Waals surface area contributed by atoms with Crippen LogP contribution in [0.4, 0.5) is 4.79 Å². The Balaban J connectivity index is 2.68. The number of hydrogen-bond donors (Lipinski definition) is 2. The highest BCUT2D eigenvalue weighted by molar-refractivity contribution is 5.77. The van der Waals surface area contributed by atoms with Crippen molar-refractivity contribution in [3.8, 4) is 0 Å². The van der Waals surface area contributed by atoms with E-state index in [1.54, 1.807) is 32.9 Å². The summed E-state index contributed by atoms with van der Waals surface area (Å²) in [7, 11) is 1.25. The zero-order valence-electron chi connectivity index (χ0n) is 12.2. The lowest BCUT2D eigenvalue weighted by Gasteiger charge is -2.32. The van der Waals surface area contributed by atoms with Gasteiger partial charge in [0.1, 0.15) is 17.1 Å². The molecule has 0 aromatic heterocycles. The van der Waals surface area contributed by atoms with Crippen molar-refractivity contribution in [2.24, 2.45) is 5.92 Å². The molecule has 0 saturated heterocycles. The van der Waals surface area contributed by atoms with Crippen LogP contribution in [0.1, 0.15) is 20.8 Å². The molecule has 1 aliphatic rings. The number of methoxy groups -OCH3 is 1. The van der Waals surface area contributed by atoms with Crippen molar-refractivity contribution in [2.45, 2.75) is 32.0 Å². The van der Waals surface area contributed by atoms with E-state index in [2.05, 4.69) is 10.1 Å². The van der Waals surface area contributed by atoms with Crippen LogP contribution < -0.4 is 5.32 Å². The zero-order valence-corrected chi connectivity index (χ0v) is 12.2. The lowest BCUT2D eigenvalue weighted by atomic mass is 9.83. The van der Waals surface area contributed by atoms with Gasteiger partial charge in [0.15, 0.2) is 0 Å². The molecule has 0 radical (unpaired) electrons. The highest BCUT2D eigenvalue weighted by Gasteiger charge is 2.40. The lowest BCUT2D eigenvalue weighted by Crippen LogP contribution is -2.50. The summed E-state index contributed by atoms with van der Waals surface area (Å²) in [6.07, 6.45) is 5.58. The first kappa shape index (κ1) is 16.2. The molecule has 6 heteroatoms. The molecule has 2 unspecified atom stereocenters. The number of rotatable bonds is 3. The Morgan fingerprint density at radius 3 is 2.55 bits per heavy atom. The van der Waals surface area contributed by atoms with Gasteiger partial charge >= 0.3 is 12.1 Å². The average Bonchev–Trinajstić information content (AvgIpc) is 2.34. The Labute approximate surface area is 118 Å². The van der Waals surface area contributed by atoms with Gasteiger partial charge in [-0.3, -0.25) is 4.79 Å². The van der Waals surface area contributed by atoms with Crippen LogP contribution in [0.25, 0.3) is 0 Å². The Morgan fingerprint density at radius 1 is 1.35 bits per heavy atom. The molecule has 0 fully saturated rings. The van der Waals surface area contributed by atoms with Crippen LogP contribution >= 0.6 is 0 Å². The molecule has 0 saturated carbocycles. The standard InChI is InChI=1S/C14H21NO5/c1-13(2,3)20-12(17)15-9-14(18)8-6-5-7-10(14)11(16)19-4/h5-8,10,18H,9H2,1-4H3,(H,15,17). The summed E-state index contributed by atoms with van der Waals surface area (Å²) < 4.78 is 9.72. The predicted octanol–water partition coefficient (Wildman–Crippen LogP) is 1.16. The normalized spacial score (nSPS) is 25.1. The summed E-state index contributed by atoms with van der Waals surface area (Å²) in [6.45, 7) is 5.06. The van der Waals surface area contributed by atoms with Gasteiger partial charge in [0.2, 0.25) is 0 Å². The topological polar surface area (TPSA) is 84.9 Å². The fourth-order valence-electron chi connectivity index (χ4n) is 1.77. The van der Waals surface area contributed by atoms with E-state index in [-0.39, 0.29) is 6.54 Å². The van der Waals surface area contributed by atoms with Crippen LogP contribution in [0.15, 0.2) is 24.3 Å². The molecule has 2 atom stereocenters. The summed E-state index contributed by atoms with van der Waals surface area (Å²) >= 11 is 0. The Hall–Kier alpha value is -1.82. The quantitative estimate of drug-likeness (QED) is 0.759. The van der Waals surface area contributed by atoms with E-state index < -0.39 is 29.2 Å². The molecular formula is C14H21NO5. The van der Waals surface area contributed by atoms with Crippen molar-refractivity contribution < 1.29 is 24.2 Å². The monoisotopic (exact) mass is 283 g/mol. The summed E-state index contributed by atoms with van der Waals surface area (Å²) in [6, 6.07) is 0. The number of hydrogen-bond acceptors (Lipinski definition) is 5. The molecule has 0 aromatic rings. The average molecular weight is 283 g/mol. The van der Waals surface area contributed by atoms with Crippen LogP contribution in [0.3, 0.4) is 0 Å². The number of allylic oxidation sites excluding steroid dienone is 2. The maximum atomic E-state index is 11.6. The van der Waals surface area contributed by atoms with E-state index in [1.165, 1.54) is 19.3 Å². The number of carbonyl (C=O) groups excluding carboxylic acids is 2. The lowest BCUT2D eigenvalue weighted by molar-refractivity contribution is -0.149. The van der Waals surface area contributed by atoms with Gasteiger partial charge in [-0.1, -0.05) is 24.3 Å². The number of nitrogens with one attached hydrogen (secondary N) is 1. The van der Waals surface area contributed by atoms with Crippen LogP contribution in [-0.4, -0.2) is 42.0 Å². The fourth-order valence-corrected chi connectivity index (χ4v) is 1.77.